The van der Waals surface area contributed by atoms with Gasteiger partial charge >= 0.3 is 0 Å². The van der Waals surface area contributed by atoms with Crippen LogP contribution in [-0.2, 0) is 11.2 Å². The summed E-state index contributed by atoms with van der Waals surface area (Å²) in [6, 6.07) is 10.0. The van der Waals surface area contributed by atoms with Crippen LogP contribution in [0.25, 0.3) is 0 Å². The first-order valence-corrected chi connectivity index (χ1v) is 7.64. The highest BCUT2D eigenvalue weighted by Gasteiger charge is 2.23. The minimum absolute atomic E-state index is 0.0496. The van der Waals surface area contributed by atoms with Gasteiger partial charge in [0.25, 0.3) is 0 Å². The van der Waals surface area contributed by atoms with E-state index in [0.29, 0.717) is 13.0 Å². The van der Waals surface area contributed by atoms with Gasteiger partial charge in [-0.15, -0.1) is 0 Å². The molecule has 2 aromatic rings. The standard InChI is InChI=1S/C18H20N2O2/c1-13-3-2-4-15-16(9-12-22-18(13)15)20-17(21)6-5-14-7-10-19-11-8-14/h2-4,7-8,10-11,16H,5-6,9,12H2,1H3,(H,20,21)/t16-/m1/s1. The molecule has 1 amide bonds. The summed E-state index contributed by atoms with van der Waals surface area (Å²) >= 11 is 0. The number of pyridine rings is 1. The van der Waals surface area contributed by atoms with Gasteiger partial charge in [0.1, 0.15) is 5.75 Å². The maximum absolute atomic E-state index is 12.2. The van der Waals surface area contributed by atoms with Crippen LogP contribution in [0.5, 0.6) is 5.75 Å². The third kappa shape index (κ3) is 3.27. The van der Waals surface area contributed by atoms with Crippen LogP contribution in [0.4, 0.5) is 0 Å². The molecule has 0 bridgehead atoms. The lowest BCUT2D eigenvalue weighted by Crippen LogP contribution is -2.32. The molecule has 1 N–H and O–H groups in total. The first-order chi connectivity index (χ1) is 10.7. The van der Waals surface area contributed by atoms with Gasteiger partial charge in [-0.3, -0.25) is 9.78 Å². The van der Waals surface area contributed by atoms with Crippen LogP contribution in [0.2, 0.25) is 0 Å². The Balaban J connectivity index is 1.62. The summed E-state index contributed by atoms with van der Waals surface area (Å²) in [5.74, 6) is 1.00. The molecule has 22 heavy (non-hydrogen) atoms. The monoisotopic (exact) mass is 296 g/mol. The summed E-state index contributed by atoms with van der Waals surface area (Å²) in [5, 5.41) is 3.14. The van der Waals surface area contributed by atoms with Gasteiger partial charge < -0.3 is 10.1 Å². The van der Waals surface area contributed by atoms with Gasteiger partial charge in [-0.1, -0.05) is 18.2 Å². The molecule has 0 aliphatic carbocycles. The summed E-state index contributed by atoms with van der Waals surface area (Å²) in [7, 11) is 0. The summed E-state index contributed by atoms with van der Waals surface area (Å²) in [6.07, 6.45) is 5.55. The first-order valence-electron chi connectivity index (χ1n) is 7.64. The van der Waals surface area contributed by atoms with E-state index in [2.05, 4.69) is 10.3 Å². The molecule has 0 saturated carbocycles. The molecule has 0 spiro atoms. The molecule has 2 heterocycles. The molecule has 1 aliphatic rings. The van der Waals surface area contributed by atoms with E-state index in [4.69, 9.17) is 4.74 Å². The fraction of sp³-hybridized carbons (Fsp3) is 0.333. The Bertz CT molecular complexity index is 655. The average Bonchev–Trinajstić information content (AvgIpc) is 2.55. The number of carbonyl (C=O) groups excluding carboxylic acids is 1. The van der Waals surface area contributed by atoms with Crippen molar-refractivity contribution in [3.05, 3.63) is 59.4 Å². The van der Waals surface area contributed by atoms with Crippen molar-refractivity contribution in [2.24, 2.45) is 0 Å². The highest BCUT2D eigenvalue weighted by molar-refractivity contribution is 5.77. The Morgan fingerprint density at radius 1 is 1.32 bits per heavy atom. The largest absolute Gasteiger partial charge is 0.493 e. The third-order valence-electron chi connectivity index (χ3n) is 4.00. The second-order valence-electron chi connectivity index (χ2n) is 5.61. The maximum Gasteiger partial charge on any atom is 0.220 e. The lowest BCUT2D eigenvalue weighted by Gasteiger charge is -2.27. The molecule has 1 aromatic heterocycles. The fourth-order valence-electron chi connectivity index (χ4n) is 2.80. The van der Waals surface area contributed by atoms with Crippen molar-refractivity contribution < 1.29 is 9.53 Å². The Morgan fingerprint density at radius 3 is 2.95 bits per heavy atom. The molecule has 0 radical (unpaired) electrons. The molecular weight excluding hydrogens is 276 g/mol. The normalized spacial score (nSPS) is 16.5. The number of hydrogen-bond donors (Lipinski definition) is 1. The number of hydrogen-bond acceptors (Lipinski definition) is 3. The highest BCUT2D eigenvalue weighted by atomic mass is 16.5. The van der Waals surface area contributed by atoms with Gasteiger partial charge in [-0.05, 0) is 36.6 Å². The van der Waals surface area contributed by atoms with E-state index in [-0.39, 0.29) is 11.9 Å². The number of carbonyl (C=O) groups is 1. The predicted molar refractivity (Wildman–Crippen MR) is 84.7 cm³/mol. The van der Waals surface area contributed by atoms with E-state index in [0.717, 1.165) is 35.3 Å². The number of aryl methyl sites for hydroxylation is 2. The summed E-state index contributed by atoms with van der Waals surface area (Å²) < 4.78 is 5.74. The molecule has 0 unspecified atom stereocenters. The molecule has 1 atom stereocenters. The second kappa shape index (κ2) is 6.60. The van der Waals surface area contributed by atoms with Crippen LogP contribution < -0.4 is 10.1 Å². The lowest BCUT2D eigenvalue weighted by atomic mass is 9.97. The zero-order valence-corrected chi connectivity index (χ0v) is 12.7. The molecule has 114 valence electrons. The Morgan fingerprint density at radius 2 is 2.14 bits per heavy atom. The second-order valence-corrected chi connectivity index (χ2v) is 5.61. The summed E-state index contributed by atoms with van der Waals surface area (Å²) in [4.78, 5) is 16.2. The van der Waals surface area contributed by atoms with Crippen LogP contribution in [-0.4, -0.2) is 17.5 Å². The van der Waals surface area contributed by atoms with Gasteiger partial charge in [0, 0.05) is 30.8 Å². The molecule has 4 heteroatoms. The van der Waals surface area contributed by atoms with E-state index in [9.17, 15) is 4.79 Å². The van der Waals surface area contributed by atoms with Crippen molar-refractivity contribution in [2.75, 3.05) is 6.61 Å². The van der Waals surface area contributed by atoms with Crippen LogP contribution in [0.1, 0.15) is 35.6 Å². The average molecular weight is 296 g/mol. The zero-order valence-electron chi connectivity index (χ0n) is 12.7. The molecule has 0 fully saturated rings. The molecule has 1 aliphatic heterocycles. The van der Waals surface area contributed by atoms with Gasteiger partial charge in [-0.25, -0.2) is 0 Å². The third-order valence-corrected chi connectivity index (χ3v) is 4.00. The van der Waals surface area contributed by atoms with Crippen LogP contribution >= 0.6 is 0 Å². The molecular formula is C18H20N2O2. The Kier molecular flexibility index (Phi) is 4.37. The van der Waals surface area contributed by atoms with Crippen LogP contribution in [0.15, 0.2) is 42.7 Å². The Labute approximate surface area is 130 Å². The molecule has 1 aromatic carbocycles. The quantitative estimate of drug-likeness (QED) is 0.943. The minimum Gasteiger partial charge on any atom is -0.493 e. The number of aromatic nitrogens is 1. The van der Waals surface area contributed by atoms with Crippen molar-refractivity contribution in [2.45, 2.75) is 32.2 Å². The van der Waals surface area contributed by atoms with Gasteiger partial charge in [0.15, 0.2) is 0 Å². The molecule has 4 nitrogen and oxygen atoms in total. The van der Waals surface area contributed by atoms with E-state index in [1.807, 2.05) is 37.3 Å². The van der Waals surface area contributed by atoms with Gasteiger partial charge in [0.2, 0.25) is 5.91 Å². The number of para-hydroxylation sites is 1. The smallest absolute Gasteiger partial charge is 0.220 e. The predicted octanol–water partition coefficient (Wildman–Crippen LogP) is 2.96. The zero-order chi connectivity index (χ0) is 15.4. The maximum atomic E-state index is 12.2. The number of fused-ring (bicyclic) bond motifs is 1. The number of nitrogens with one attached hydrogen (secondary N) is 1. The van der Waals surface area contributed by atoms with Crippen LogP contribution in [0.3, 0.4) is 0 Å². The Hall–Kier alpha value is -2.36. The number of ether oxygens (including phenoxy) is 1. The number of nitrogens with zero attached hydrogens (tertiary/aromatic N) is 1. The first kappa shape index (κ1) is 14.6. The number of benzene rings is 1. The van der Waals surface area contributed by atoms with Gasteiger partial charge in [0.05, 0.1) is 12.6 Å². The van der Waals surface area contributed by atoms with E-state index >= 15 is 0 Å². The van der Waals surface area contributed by atoms with Crippen molar-refractivity contribution >= 4 is 5.91 Å². The van der Waals surface area contributed by atoms with Crippen LogP contribution in [0, 0.1) is 6.92 Å². The highest BCUT2D eigenvalue weighted by Crippen LogP contribution is 2.34. The molecule has 3 rings (SSSR count). The number of rotatable bonds is 4. The van der Waals surface area contributed by atoms with E-state index < -0.39 is 0 Å². The van der Waals surface area contributed by atoms with Gasteiger partial charge in [-0.2, -0.15) is 0 Å². The molecule has 0 saturated heterocycles. The van der Waals surface area contributed by atoms with Crippen molar-refractivity contribution in [1.29, 1.82) is 0 Å². The van der Waals surface area contributed by atoms with E-state index in [1.54, 1.807) is 12.4 Å². The summed E-state index contributed by atoms with van der Waals surface area (Å²) in [5.41, 5.74) is 3.34. The van der Waals surface area contributed by atoms with Crippen molar-refractivity contribution in [1.82, 2.24) is 10.3 Å². The van der Waals surface area contributed by atoms with Crippen molar-refractivity contribution in [3.63, 3.8) is 0 Å². The van der Waals surface area contributed by atoms with Crippen molar-refractivity contribution in [3.8, 4) is 5.75 Å². The topological polar surface area (TPSA) is 51.2 Å². The SMILES string of the molecule is Cc1cccc2c1OCC[C@H]2NC(=O)CCc1ccncc1. The fourth-order valence-corrected chi connectivity index (χ4v) is 2.80. The lowest BCUT2D eigenvalue weighted by molar-refractivity contribution is -0.122. The summed E-state index contributed by atoms with van der Waals surface area (Å²) in [6.45, 7) is 2.68. The van der Waals surface area contributed by atoms with E-state index in [1.165, 1.54) is 0 Å². The number of amides is 1. The minimum atomic E-state index is 0.0496.